The quantitative estimate of drug-likeness (QED) is 0.886. The number of benzene rings is 1. The Bertz CT molecular complexity index is 647. The number of allylic oxidation sites excluding steroid dienone is 4. The van der Waals surface area contributed by atoms with Crippen molar-refractivity contribution in [3.8, 4) is 0 Å². The summed E-state index contributed by atoms with van der Waals surface area (Å²) in [5.74, 6) is 0. The van der Waals surface area contributed by atoms with E-state index >= 15 is 0 Å². The molecule has 0 saturated heterocycles. The zero-order valence-corrected chi connectivity index (χ0v) is 10.5. The molecule has 1 aliphatic rings. The normalized spacial score (nSPS) is 14.6. The summed E-state index contributed by atoms with van der Waals surface area (Å²) in [4.78, 5) is 8.48. The second-order valence-electron chi connectivity index (χ2n) is 4.18. The molecule has 0 aliphatic heterocycles. The van der Waals surface area contributed by atoms with Gasteiger partial charge in [0.1, 0.15) is 5.15 Å². The van der Waals surface area contributed by atoms with Crippen LogP contribution in [0.2, 0.25) is 5.15 Å². The highest BCUT2D eigenvalue weighted by Gasteiger charge is 2.03. The molecule has 4 heteroatoms. The number of nitrogens with one attached hydrogen (secondary N) is 1. The average Bonchev–Trinajstić information content (AvgIpc) is 2.39. The second kappa shape index (κ2) is 4.78. The molecule has 3 rings (SSSR count). The largest absolute Gasteiger partial charge is 0.359 e. The second-order valence-corrected chi connectivity index (χ2v) is 4.57. The fourth-order valence-corrected chi connectivity index (χ4v) is 2.10. The van der Waals surface area contributed by atoms with Gasteiger partial charge in [0.05, 0.1) is 17.2 Å². The van der Waals surface area contributed by atoms with Gasteiger partial charge in [0, 0.05) is 11.4 Å². The molecular formula is C14H12ClN3. The van der Waals surface area contributed by atoms with Gasteiger partial charge in [-0.3, -0.25) is 4.98 Å². The van der Waals surface area contributed by atoms with E-state index in [1.807, 2.05) is 18.2 Å². The smallest absolute Gasteiger partial charge is 0.148 e. The van der Waals surface area contributed by atoms with Crippen molar-refractivity contribution in [2.45, 2.75) is 12.8 Å². The molecule has 1 aromatic carbocycles. The van der Waals surface area contributed by atoms with Gasteiger partial charge in [-0.05, 0) is 37.1 Å². The number of nitrogens with zero attached hydrogens (tertiary/aromatic N) is 2. The molecule has 1 aliphatic carbocycles. The van der Waals surface area contributed by atoms with Crippen LogP contribution in [0.15, 0.2) is 48.3 Å². The van der Waals surface area contributed by atoms with Crippen LogP contribution in [-0.4, -0.2) is 9.97 Å². The first-order valence-electron chi connectivity index (χ1n) is 5.86. The molecule has 0 spiro atoms. The van der Waals surface area contributed by atoms with Crippen LogP contribution in [0.1, 0.15) is 12.8 Å². The maximum Gasteiger partial charge on any atom is 0.148 e. The van der Waals surface area contributed by atoms with Gasteiger partial charge < -0.3 is 5.32 Å². The van der Waals surface area contributed by atoms with Crippen molar-refractivity contribution in [1.82, 2.24) is 9.97 Å². The molecule has 0 radical (unpaired) electrons. The zero-order valence-electron chi connectivity index (χ0n) is 9.73. The van der Waals surface area contributed by atoms with E-state index in [2.05, 4.69) is 33.5 Å². The Morgan fingerprint density at radius 1 is 1.22 bits per heavy atom. The summed E-state index contributed by atoms with van der Waals surface area (Å²) in [6.07, 6.45) is 10.0. The molecule has 2 aromatic rings. The van der Waals surface area contributed by atoms with Gasteiger partial charge in [-0.15, -0.1) is 0 Å². The molecular weight excluding hydrogens is 246 g/mol. The summed E-state index contributed by atoms with van der Waals surface area (Å²) in [7, 11) is 0. The zero-order chi connectivity index (χ0) is 12.4. The van der Waals surface area contributed by atoms with E-state index in [1.54, 1.807) is 6.20 Å². The van der Waals surface area contributed by atoms with Crippen LogP contribution in [0.3, 0.4) is 0 Å². The lowest BCUT2D eigenvalue weighted by molar-refractivity contribution is 0.967. The third-order valence-electron chi connectivity index (χ3n) is 2.83. The Labute approximate surface area is 110 Å². The van der Waals surface area contributed by atoms with E-state index in [0.717, 1.165) is 29.6 Å². The lowest BCUT2D eigenvalue weighted by atomic mass is 10.1. The van der Waals surface area contributed by atoms with E-state index in [0.29, 0.717) is 5.15 Å². The van der Waals surface area contributed by atoms with Crippen LogP contribution in [0, 0.1) is 0 Å². The SMILES string of the molecule is Clc1cnc2ccc(NC3=CC=CCC3)cc2n1. The van der Waals surface area contributed by atoms with Crippen LogP contribution >= 0.6 is 11.6 Å². The van der Waals surface area contributed by atoms with Crippen molar-refractivity contribution in [2.75, 3.05) is 5.32 Å². The van der Waals surface area contributed by atoms with Gasteiger partial charge in [-0.25, -0.2) is 4.98 Å². The van der Waals surface area contributed by atoms with Crippen LogP contribution in [0.4, 0.5) is 5.69 Å². The van der Waals surface area contributed by atoms with Crippen LogP contribution < -0.4 is 5.32 Å². The molecule has 0 bridgehead atoms. The highest BCUT2D eigenvalue weighted by Crippen LogP contribution is 2.21. The van der Waals surface area contributed by atoms with Crippen molar-refractivity contribution < 1.29 is 0 Å². The minimum atomic E-state index is 0.416. The molecule has 1 N–H and O–H groups in total. The lowest BCUT2D eigenvalue weighted by Gasteiger charge is -2.12. The summed E-state index contributed by atoms with van der Waals surface area (Å²) >= 11 is 5.85. The molecule has 3 nitrogen and oxygen atoms in total. The number of hydrogen-bond donors (Lipinski definition) is 1. The number of fused-ring (bicyclic) bond motifs is 1. The number of aromatic nitrogens is 2. The highest BCUT2D eigenvalue weighted by atomic mass is 35.5. The first-order chi connectivity index (χ1) is 8.81. The minimum Gasteiger partial charge on any atom is -0.359 e. The highest BCUT2D eigenvalue weighted by molar-refractivity contribution is 6.29. The summed E-state index contributed by atoms with van der Waals surface area (Å²) in [5, 5.41) is 3.81. The Morgan fingerprint density at radius 3 is 3.00 bits per heavy atom. The van der Waals surface area contributed by atoms with Gasteiger partial charge in [0.15, 0.2) is 0 Å². The van der Waals surface area contributed by atoms with Crippen molar-refractivity contribution in [2.24, 2.45) is 0 Å². The first-order valence-corrected chi connectivity index (χ1v) is 6.24. The summed E-state index contributed by atoms with van der Waals surface area (Å²) < 4.78 is 0. The summed E-state index contributed by atoms with van der Waals surface area (Å²) in [6, 6.07) is 5.91. The summed E-state index contributed by atoms with van der Waals surface area (Å²) in [6.45, 7) is 0. The van der Waals surface area contributed by atoms with E-state index in [-0.39, 0.29) is 0 Å². The Kier molecular flexibility index (Phi) is 2.99. The fourth-order valence-electron chi connectivity index (χ4n) is 1.96. The molecule has 0 saturated carbocycles. The van der Waals surface area contributed by atoms with Crippen molar-refractivity contribution >= 4 is 28.3 Å². The van der Waals surface area contributed by atoms with Crippen LogP contribution in [0.5, 0.6) is 0 Å². The van der Waals surface area contributed by atoms with Crippen molar-refractivity contribution in [1.29, 1.82) is 0 Å². The van der Waals surface area contributed by atoms with E-state index in [1.165, 1.54) is 5.70 Å². The van der Waals surface area contributed by atoms with Gasteiger partial charge in [-0.1, -0.05) is 23.8 Å². The number of halogens is 1. The van der Waals surface area contributed by atoms with Crippen LogP contribution in [-0.2, 0) is 0 Å². The van der Waals surface area contributed by atoms with Gasteiger partial charge in [0.2, 0.25) is 0 Å². The molecule has 1 heterocycles. The van der Waals surface area contributed by atoms with E-state index < -0.39 is 0 Å². The molecule has 0 amide bonds. The maximum atomic E-state index is 5.85. The van der Waals surface area contributed by atoms with Gasteiger partial charge >= 0.3 is 0 Å². The Morgan fingerprint density at radius 2 is 2.17 bits per heavy atom. The Hall–Kier alpha value is -1.87. The molecule has 18 heavy (non-hydrogen) atoms. The molecule has 0 atom stereocenters. The van der Waals surface area contributed by atoms with Crippen LogP contribution in [0.25, 0.3) is 11.0 Å². The van der Waals surface area contributed by atoms with Gasteiger partial charge in [-0.2, -0.15) is 0 Å². The number of hydrogen-bond acceptors (Lipinski definition) is 3. The topological polar surface area (TPSA) is 37.8 Å². The molecule has 0 fully saturated rings. The monoisotopic (exact) mass is 257 g/mol. The predicted octanol–water partition coefficient (Wildman–Crippen LogP) is 3.93. The van der Waals surface area contributed by atoms with Crippen molar-refractivity contribution in [3.05, 3.63) is 53.5 Å². The summed E-state index contributed by atoms with van der Waals surface area (Å²) in [5.41, 5.74) is 3.88. The Balaban J connectivity index is 1.92. The average molecular weight is 258 g/mol. The molecule has 1 aromatic heterocycles. The number of rotatable bonds is 2. The molecule has 90 valence electrons. The fraction of sp³-hybridized carbons (Fsp3) is 0.143. The standard InChI is InChI=1S/C14H12ClN3/c15-14-9-16-12-7-6-11(8-13(12)18-14)17-10-4-2-1-3-5-10/h1-2,4,6-9,17H,3,5H2. The van der Waals surface area contributed by atoms with E-state index in [4.69, 9.17) is 11.6 Å². The minimum absolute atomic E-state index is 0.416. The third kappa shape index (κ3) is 2.36. The van der Waals surface area contributed by atoms with E-state index in [9.17, 15) is 0 Å². The first kappa shape index (κ1) is 11.2. The third-order valence-corrected chi connectivity index (χ3v) is 3.01. The van der Waals surface area contributed by atoms with Crippen molar-refractivity contribution in [3.63, 3.8) is 0 Å². The predicted molar refractivity (Wildman–Crippen MR) is 74.6 cm³/mol. The number of anilines is 1. The van der Waals surface area contributed by atoms with Gasteiger partial charge in [0.25, 0.3) is 0 Å². The lowest BCUT2D eigenvalue weighted by Crippen LogP contribution is -2.01. The maximum absolute atomic E-state index is 5.85. The molecule has 0 unspecified atom stereocenters.